The molecule has 0 spiro atoms. The van der Waals surface area contributed by atoms with E-state index in [-0.39, 0.29) is 5.82 Å². The average Bonchev–Trinajstić information content (AvgIpc) is 2.86. The van der Waals surface area contributed by atoms with Crippen LogP contribution in [0.5, 0.6) is 0 Å². The van der Waals surface area contributed by atoms with Crippen LogP contribution in [0.4, 0.5) is 5.82 Å². The number of anilines is 1. The lowest BCUT2D eigenvalue weighted by Gasteiger charge is -2.08. The second-order valence-electron chi connectivity index (χ2n) is 5.55. The molecule has 0 aliphatic rings. The van der Waals surface area contributed by atoms with Crippen LogP contribution in [0.2, 0.25) is 10.0 Å². The largest absolute Gasteiger partial charge is 0.382 e. The van der Waals surface area contributed by atoms with Crippen molar-refractivity contribution >= 4 is 29.0 Å². The molecule has 1 aromatic heterocycles. The first-order valence-electron chi connectivity index (χ1n) is 7.24. The zero-order valence-electron chi connectivity index (χ0n) is 13.1. The van der Waals surface area contributed by atoms with Crippen LogP contribution in [-0.2, 0) is 0 Å². The van der Waals surface area contributed by atoms with Crippen molar-refractivity contribution < 1.29 is 0 Å². The minimum Gasteiger partial charge on any atom is -0.382 e. The number of halogens is 2. The van der Waals surface area contributed by atoms with Crippen molar-refractivity contribution in [2.45, 2.75) is 13.8 Å². The molecule has 0 amide bonds. The smallest absolute Gasteiger partial charge is 0.145 e. The third-order valence-corrected chi connectivity index (χ3v) is 4.36. The average molecular weight is 357 g/mol. The van der Waals surface area contributed by atoms with Gasteiger partial charge < -0.3 is 5.73 Å². The highest BCUT2D eigenvalue weighted by atomic mass is 35.5. The van der Waals surface area contributed by atoms with Gasteiger partial charge in [0.15, 0.2) is 0 Å². The van der Waals surface area contributed by atoms with Gasteiger partial charge in [0.1, 0.15) is 23.1 Å². The first-order chi connectivity index (χ1) is 11.4. The van der Waals surface area contributed by atoms with Crippen LogP contribution in [-0.4, -0.2) is 9.78 Å². The topological polar surface area (TPSA) is 67.6 Å². The van der Waals surface area contributed by atoms with Gasteiger partial charge in [-0.2, -0.15) is 10.4 Å². The minimum atomic E-state index is 0.259. The molecule has 24 heavy (non-hydrogen) atoms. The molecule has 0 unspecified atom stereocenters. The van der Waals surface area contributed by atoms with E-state index < -0.39 is 0 Å². The van der Waals surface area contributed by atoms with E-state index in [0.717, 1.165) is 16.8 Å². The Morgan fingerprint density at radius 3 is 2.54 bits per heavy atom. The Kier molecular flexibility index (Phi) is 4.23. The van der Waals surface area contributed by atoms with E-state index in [1.807, 2.05) is 38.1 Å². The van der Waals surface area contributed by atoms with Crippen molar-refractivity contribution in [2.24, 2.45) is 0 Å². The maximum atomic E-state index is 9.54. The summed E-state index contributed by atoms with van der Waals surface area (Å²) in [6, 6.07) is 13.2. The normalized spacial score (nSPS) is 10.6. The van der Waals surface area contributed by atoms with Crippen LogP contribution in [0.25, 0.3) is 16.9 Å². The number of hydrogen-bond acceptors (Lipinski definition) is 3. The Bertz CT molecular complexity index is 983. The summed E-state index contributed by atoms with van der Waals surface area (Å²) in [4.78, 5) is 0. The van der Waals surface area contributed by atoms with Gasteiger partial charge in [-0.1, -0.05) is 41.4 Å². The maximum Gasteiger partial charge on any atom is 0.145 e. The first-order valence-corrected chi connectivity index (χ1v) is 7.99. The summed E-state index contributed by atoms with van der Waals surface area (Å²) in [7, 11) is 0. The van der Waals surface area contributed by atoms with Crippen LogP contribution in [0, 0.1) is 25.2 Å². The van der Waals surface area contributed by atoms with Crippen LogP contribution < -0.4 is 5.73 Å². The fraction of sp³-hybridized carbons (Fsp3) is 0.111. The summed E-state index contributed by atoms with van der Waals surface area (Å²) in [6.45, 7) is 3.88. The number of nitriles is 1. The molecule has 3 rings (SSSR count). The third kappa shape index (κ3) is 2.73. The van der Waals surface area contributed by atoms with Gasteiger partial charge in [0.25, 0.3) is 0 Å². The first kappa shape index (κ1) is 16.4. The standard InChI is InChI=1S/C18H14Cl2N4/c1-10-3-6-13(15(20)7-10)17-14(9-21)18(22)24(23-17)16-8-12(19)5-4-11(16)2/h3-8H,22H2,1-2H3. The Balaban J connectivity index is 2.27. The molecular weight excluding hydrogens is 343 g/mol. The number of rotatable bonds is 2. The molecule has 0 radical (unpaired) electrons. The molecule has 4 nitrogen and oxygen atoms in total. The maximum absolute atomic E-state index is 9.54. The van der Waals surface area contributed by atoms with Gasteiger partial charge >= 0.3 is 0 Å². The SMILES string of the molecule is Cc1ccc(-c2nn(-c3cc(Cl)ccc3C)c(N)c2C#N)c(Cl)c1. The fourth-order valence-electron chi connectivity index (χ4n) is 2.54. The minimum absolute atomic E-state index is 0.259. The highest BCUT2D eigenvalue weighted by molar-refractivity contribution is 6.33. The third-order valence-electron chi connectivity index (χ3n) is 3.81. The number of nitrogens with zero attached hydrogens (tertiary/aromatic N) is 3. The lowest BCUT2D eigenvalue weighted by atomic mass is 10.1. The number of aromatic nitrogens is 2. The predicted molar refractivity (Wildman–Crippen MR) is 97.6 cm³/mol. The van der Waals surface area contributed by atoms with Crippen molar-refractivity contribution in [1.82, 2.24) is 9.78 Å². The highest BCUT2D eigenvalue weighted by Gasteiger charge is 2.20. The van der Waals surface area contributed by atoms with E-state index in [0.29, 0.717) is 26.9 Å². The number of benzene rings is 2. The summed E-state index contributed by atoms with van der Waals surface area (Å²) in [6.07, 6.45) is 0. The molecule has 0 aliphatic heterocycles. The van der Waals surface area contributed by atoms with Crippen molar-refractivity contribution in [3.05, 3.63) is 63.1 Å². The monoisotopic (exact) mass is 356 g/mol. The predicted octanol–water partition coefficient (Wildman–Crippen LogP) is 4.92. The second-order valence-corrected chi connectivity index (χ2v) is 6.39. The van der Waals surface area contributed by atoms with E-state index in [1.165, 1.54) is 4.68 Å². The van der Waals surface area contributed by atoms with Gasteiger partial charge in [0.05, 0.1) is 10.7 Å². The zero-order chi connectivity index (χ0) is 17.4. The molecule has 0 atom stereocenters. The Labute approximate surface area is 150 Å². The van der Waals surface area contributed by atoms with Gasteiger partial charge in [0, 0.05) is 10.6 Å². The van der Waals surface area contributed by atoms with Crippen LogP contribution in [0.15, 0.2) is 36.4 Å². The van der Waals surface area contributed by atoms with Crippen LogP contribution in [0.3, 0.4) is 0 Å². The van der Waals surface area contributed by atoms with E-state index in [2.05, 4.69) is 11.2 Å². The molecule has 120 valence electrons. The number of nitrogen functional groups attached to an aromatic ring is 1. The Morgan fingerprint density at radius 2 is 1.88 bits per heavy atom. The van der Waals surface area contributed by atoms with Crippen molar-refractivity contribution in [3.63, 3.8) is 0 Å². The molecule has 1 heterocycles. The van der Waals surface area contributed by atoms with Gasteiger partial charge in [-0.3, -0.25) is 0 Å². The summed E-state index contributed by atoms with van der Waals surface area (Å²) in [5.41, 5.74) is 10.3. The molecule has 0 saturated carbocycles. The van der Waals surface area contributed by atoms with Gasteiger partial charge in [-0.05, 0) is 43.2 Å². The fourth-order valence-corrected chi connectivity index (χ4v) is 3.03. The van der Waals surface area contributed by atoms with Gasteiger partial charge in [-0.25, -0.2) is 4.68 Å². The molecule has 0 fully saturated rings. The van der Waals surface area contributed by atoms with E-state index in [4.69, 9.17) is 28.9 Å². The summed E-state index contributed by atoms with van der Waals surface area (Å²) in [5.74, 6) is 0.259. The molecule has 2 aromatic carbocycles. The molecule has 6 heteroatoms. The van der Waals surface area contributed by atoms with Gasteiger partial charge in [-0.15, -0.1) is 0 Å². The molecule has 0 aliphatic carbocycles. The molecule has 0 saturated heterocycles. The van der Waals surface area contributed by atoms with E-state index >= 15 is 0 Å². The lowest BCUT2D eigenvalue weighted by molar-refractivity contribution is 0.887. The van der Waals surface area contributed by atoms with Crippen molar-refractivity contribution in [2.75, 3.05) is 5.73 Å². The number of aryl methyl sites for hydroxylation is 2. The molecule has 0 bridgehead atoms. The van der Waals surface area contributed by atoms with Crippen molar-refractivity contribution in [3.8, 4) is 23.0 Å². The summed E-state index contributed by atoms with van der Waals surface area (Å²) < 4.78 is 1.53. The quantitative estimate of drug-likeness (QED) is 0.708. The van der Waals surface area contributed by atoms with Crippen LogP contribution in [0.1, 0.15) is 16.7 Å². The highest BCUT2D eigenvalue weighted by Crippen LogP contribution is 2.34. The van der Waals surface area contributed by atoms with E-state index in [1.54, 1.807) is 12.1 Å². The number of hydrogen-bond donors (Lipinski definition) is 1. The molecule has 2 N–H and O–H groups in total. The van der Waals surface area contributed by atoms with Crippen molar-refractivity contribution in [1.29, 1.82) is 5.26 Å². The number of nitrogens with two attached hydrogens (primary N) is 1. The van der Waals surface area contributed by atoms with E-state index in [9.17, 15) is 5.26 Å². The zero-order valence-corrected chi connectivity index (χ0v) is 14.7. The van der Waals surface area contributed by atoms with Crippen LogP contribution >= 0.6 is 23.2 Å². The summed E-state index contributed by atoms with van der Waals surface area (Å²) >= 11 is 12.4. The lowest BCUT2D eigenvalue weighted by Crippen LogP contribution is -2.04. The Morgan fingerprint density at radius 1 is 1.12 bits per heavy atom. The second kappa shape index (κ2) is 6.20. The molecule has 3 aromatic rings. The van der Waals surface area contributed by atoms with Gasteiger partial charge in [0.2, 0.25) is 0 Å². The summed E-state index contributed by atoms with van der Waals surface area (Å²) in [5, 5.41) is 15.2. The molecular formula is C18H14Cl2N4. The Hall–Kier alpha value is -2.48.